The van der Waals surface area contributed by atoms with E-state index < -0.39 is 10.7 Å². The third-order valence-corrected chi connectivity index (χ3v) is 2.66. The van der Waals surface area contributed by atoms with Crippen LogP contribution in [-0.2, 0) is 0 Å². The Bertz CT molecular complexity index is 626. The van der Waals surface area contributed by atoms with Gasteiger partial charge in [-0.15, -0.1) is 0 Å². The number of aryl methyl sites for hydroxylation is 1. The van der Waals surface area contributed by atoms with E-state index in [0.29, 0.717) is 11.1 Å². The summed E-state index contributed by atoms with van der Waals surface area (Å²) in [4.78, 5) is 10.2. The van der Waals surface area contributed by atoms with E-state index in [0.717, 1.165) is 5.56 Å². The Labute approximate surface area is 103 Å². The Balaban J connectivity index is 2.61. The van der Waals surface area contributed by atoms with E-state index >= 15 is 0 Å². The number of hydrogen-bond acceptors (Lipinski definition) is 3. The predicted octanol–water partition coefficient (Wildman–Crippen LogP) is 3.29. The van der Waals surface area contributed by atoms with Crippen molar-refractivity contribution < 1.29 is 9.31 Å². The molecule has 0 saturated carbocycles. The number of hydrogen-bond donors (Lipinski definition) is 1. The zero-order chi connectivity index (χ0) is 13.3. The summed E-state index contributed by atoms with van der Waals surface area (Å²) in [7, 11) is 0. The number of nitro groups is 1. The highest BCUT2D eigenvalue weighted by atomic mass is 19.1. The van der Waals surface area contributed by atoms with E-state index in [1.165, 1.54) is 18.2 Å². The summed E-state index contributed by atoms with van der Waals surface area (Å²) in [5, 5.41) is 10.8. The number of nitrogens with zero attached hydrogens (tertiary/aromatic N) is 1. The minimum absolute atomic E-state index is 0.0665. The number of halogens is 1. The van der Waals surface area contributed by atoms with E-state index in [1.54, 1.807) is 18.2 Å². The van der Waals surface area contributed by atoms with E-state index in [2.05, 4.69) is 0 Å². The van der Waals surface area contributed by atoms with Crippen LogP contribution in [0.3, 0.4) is 0 Å². The molecule has 0 unspecified atom stereocenters. The normalized spacial score (nSPS) is 10.3. The highest BCUT2D eigenvalue weighted by molar-refractivity contribution is 5.72. The third-order valence-electron chi connectivity index (χ3n) is 2.66. The molecule has 0 fully saturated rings. The molecule has 0 aliphatic carbocycles. The standard InChI is InChI=1S/C13H11FN2O2/c1-8-2-4-11(14)10(6-8)9-3-5-12(15)13(7-9)16(17)18/h2-7H,15H2,1H3. The van der Waals surface area contributed by atoms with Gasteiger partial charge < -0.3 is 5.73 Å². The van der Waals surface area contributed by atoms with Gasteiger partial charge in [-0.05, 0) is 30.7 Å². The molecule has 0 amide bonds. The number of benzene rings is 2. The zero-order valence-electron chi connectivity index (χ0n) is 9.68. The summed E-state index contributed by atoms with van der Waals surface area (Å²) in [5.74, 6) is -0.417. The van der Waals surface area contributed by atoms with Crippen molar-refractivity contribution >= 4 is 11.4 Å². The van der Waals surface area contributed by atoms with Crippen molar-refractivity contribution in [3.8, 4) is 11.1 Å². The summed E-state index contributed by atoms with van der Waals surface area (Å²) < 4.78 is 13.7. The van der Waals surface area contributed by atoms with Crippen molar-refractivity contribution in [2.45, 2.75) is 6.92 Å². The molecule has 0 aliphatic heterocycles. The maximum atomic E-state index is 13.7. The van der Waals surface area contributed by atoms with E-state index in [4.69, 9.17) is 5.73 Å². The Morgan fingerprint density at radius 3 is 2.61 bits per heavy atom. The molecule has 0 aliphatic rings. The van der Waals surface area contributed by atoms with E-state index in [1.807, 2.05) is 6.92 Å². The van der Waals surface area contributed by atoms with Crippen molar-refractivity contribution in [3.63, 3.8) is 0 Å². The van der Waals surface area contributed by atoms with Crippen LogP contribution in [0.15, 0.2) is 36.4 Å². The maximum absolute atomic E-state index is 13.7. The van der Waals surface area contributed by atoms with Crippen LogP contribution in [0.2, 0.25) is 0 Å². The SMILES string of the molecule is Cc1ccc(F)c(-c2ccc(N)c([N+](=O)[O-])c2)c1. The molecule has 2 rings (SSSR count). The van der Waals surface area contributed by atoms with Crippen molar-refractivity contribution in [1.29, 1.82) is 0 Å². The second-order valence-corrected chi connectivity index (χ2v) is 4.01. The van der Waals surface area contributed by atoms with Gasteiger partial charge >= 0.3 is 0 Å². The molecule has 0 aromatic heterocycles. The minimum Gasteiger partial charge on any atom is -0.393 e. The average Bonchev–Trinajstić information content (AvgIpc) is 2.33. The second kappa shape index (κ2) is 4.44. The average molecular weight is 246 g/mol. The van der Waals surface area contributed by atoms with Crippen LogP contribution < -0.4 is 5.73 Å². The summed E-state index contributed by atoms with van der Waals surface area (Å²) in [5.41, 5.74) is 7.01. The van der Waals surface area contributed by atoms with Gasteiger partial charge in [0.15, 0.2) is 0 Å². The number of anilines is 1. The highest BCUT2D eigenvalue weighted by Gasteiger charge is 2.14. The Hall–Kier alpha value is -2.43. The van der Waals surface area contributed by atoms with E-state index in [-0.39, 0.29) is 11.4 Å². The molecule has 0 bridgehead atoms. The van der Waals surface area contributed by atoms with Gasteiger partial charge in [0.05, 0.1) is 4.92 Å². The molecule has 18 heavy (non-hydrogen) atoms. The smallest absolute Gasteiger partial charge is 0.292 e. The quantitative estimate of drug-likeness (QED) is 0.502. The Morgan fingerprint density at radius 2 is 1.94 bits per heavy atom. The molecule has 5 heteroatoms. The number of nitro benzene ring substituents is 1. The first-order valence-electron chi connectivity index (χ1n) is 5.29. The second-order valence-electron chi connectivity index (χ2n) is 4.01. The molecule has 92 valence electrons. The van der Waals surface area contributed by atoms with Gasteiger partial charge in [0.2, 0.25) is 0 Å². The van der Waals surface area contributed by atoms with Gasteiger partial charge in [0.1, 0.15) is 11.5 Å². The molecule has 0 saturated heterocycles. The first-order valence-corrected chi connectivity index (χ1v) is 5.29. The minimum atomic E-state index is -0.577. The number of rotatable bonds is 2. The van der Waals surface area contributed by atoms with Gasteiger partial charge in [-0.25, -0.2) is 4.39 Å². The lowest BCUT2D eigenvalue weighted by atomic mass is 10.0. The molecule has 2 aromatic rings. The fourth-order valence-corrected chi connectivity index (χ4v) is 1.73. The van der Waals surface area contributed by atoms with E-state index in [9.17, 15) is 14.5 Å². The van der Waals surface area contributed by atoms with Crippen molar-refractivity contribution in [1.82, 2.24) is 0 Å². The summed E-state index contributed by atoms with van der Waals surface area (Å²) in [6.07, 6.45) is 0. The molecule has 4 nitrogen and oxygen atoms in total. The fourth-order valence-electron chi connectivity index (χ4n) is 1.73. The van der Waals surface area contributed by atoms with Crippen molar-refractivity contribution in [2.75, 3.05) is 5.73 Å². The predicted molar refractivity (Wildman–Crippen MR) is 67.6 cm³/mol. The molecule has 0 atom stereocenters. The molecule has 0 radical (unpaired) electrons. The zero-order valence-corrected chi connectivity index (χ0v) is 9.68. The topological polar surface area (TPSA) is 69.2 Å². The summed E-state index contributed by atoms with van der Waals surface area (Å²) in [6.45, 7) is 1.83. The maximum Gasteiger partial charge on any atom is 0.292 e. The lowest BCUT2D eigenvalue weighted by molar-refractivity contribution is -0.383. The van der Waals surface area contributed by atoms with Crippen LogP contribution in [0.4, 0.5) is 15.8 Å². The van der Waals surface area contributed by atoms with Crippen LogP contribution >= 0.6 is 0 Å². The van der Waals surface area contributed by atoms with Gasteiger partial charge in [0, 0.05) is 11.6 Å². The lowest BCUT2D eigenvalue weighted by Gasteiger charge is -2.06. The Morgan fingerprint density at radius 1 is 1.22 bits per heavy atom. The van der Waals surface area contributed by atoms with Crippen LogP contribution in [0.5, 0.6) is 0 Å². The van der Waals surface area contributed by atoms with Gasteiger partial charge in [-0.1, -0.05) is 17.7 Å². The van der Waals surface area contributed by atoms with Crippen LogP contribution in [0.1, 0.15) is 5.56 Å². The fraction of sp³-hybridized carbons (Fsp3) is 0.0769. The van der Waals surface area contributed by atoms with Crippen LogP contribution in [0, 0.1) is 22.9 Å². The number of nitrogen functional groups attached to an aromatic ring is 1. The Kier molecular flexibility index (Phi) is 2.97. The van der Waals surface area contributed by atoms with Crippen LogP contribution in [0.25, 0.3) is 11.1 Å². The molecule has 2 N–H and O–H groups in total. The van der Waals surface area contributed by atoms with Gasteiger partial charge in [0.25, 0.3) is 5.69 Å². The van der Waals surface area contributed by atoms with Gasteiger partial charge in [-0.3, -0.25) is 10.1 Å². The molecular formula is C13H11FN2O2. The highest BCUT2D eigenvalue weighted by Crippen LogP contribution is 2.30. The molecule has 0 heterocycles. The molecule has 0 spiro atoms. The first kappa shape index (κ1) is 12.0. The van der Waals surface area contributed by atoms with Crippen molar-refractivity contribution in [3.05, 3.63) is 57.9 Å². The summed E-state index contributed by atoms with van der Waals surface area (Å²) in [6, 6.07) is 8.89. The van der Waals surface area contributed by atoms with Gasteiger partial charge in [-0.2, -0.15) is 0 Å². The monoisotopic (exact) mass is 246 g/mol. The van der Waals surface area contributed by atoms with Crippen LogP contribution in [-0.4, -0.2) is 4.92 Å². The lowest BCUT2D eigenvalue weighted by Crippen LogP contribution is -1.96. The molecule has 2 aromatic carbocycles. The largest absolute Gasteiger partial charge is 0.393 e. The third kappa shape index (κ3) is 2.15. The molecular weight excluding hydrogens is 235 g/mol. The summed E-state index contributed by atoms with van der Waals surface area (Å²) >= 11 is 0. The first-order chi connectivity index (χ1) is 8.49. The number of nitrogens with two attached hydrogens (primary N) is 1. The van der Waals surface area contributed by atoms with Crippen molar-refractivity contribution in [2.24, 2.45) is 0 Å².